The standard InChI is InChI=1S/C10H11F3O2S2/c1-2-3-6-17(14,15)7-8-4-5-16-9(8)10(11,12)13/h2,4-5H,1,3,6-7H2. The van der Waals surface area contributed by atoms with Crippen LogP contribution in [-0.2, 0) is 21.8 Å². The maximum absolute atomic E-state index is 12.5. The number of sulfone groups is 1. The molecule has 17 heavy (non-hydrogen) atoms. The number of rotatable bonds is 5. The minimum absolute atomic E-state index is 0.174. The Morgan fingerprint density at radius 3 is 2.59 bits per heavy atom. The van der Waals surface area contributed by atoms with Crippen molar-refractivity contribution < 1.29 is 21.6 Å². The van der Waals surface area contributed by atoms with Crippen molar-refractivity contribution in [3.05, 3.63) is 34.5 Å². The topological polar surface area (TPSA) is 34.1 Å². The van der Waals surface area contributed by atoms with Gasteiger partial charge in [0.05, 0.1) is 11.5 Å². The number of alkyl halides is 3. The molecule has 0 aliphatic carbocycles. The van der Waals surface area contributed by atoms with E-state index in [-0.39, 0.29) is 17.7 Å². The van der Waals surface area contributed by atoms with Gasteiger partial charge in [0, 0.05) is 0 Å². The number of hydrogen-bond donors (Lipinski definition) is 0. The van der Waals surface area contributed by atoms with E-state index in [1.807, 2.05) is 0 Å². The van der Waals surface area contributed by atoms with Crippen molar-refractivity contribution in [2.75, 3.05) is 5.75 Å². The first-order valence-electron chi connectivity index (χ1n) is 4.71. The minimum Gasteiger partial charge on any atom is -0.228 e. The Balaban J connectivity index is 2.89. The minimum atomic E-state index is -4.49. The fourth-order valence-corrected chi connectivity index (χ4v) is 3.54. The van der Waals surface area contributed by atoms with E-state index in [0.717, 1.165) is 0 Å². The SMILES string of the molecule is C=CCCS(=O)(=O)Cc1ccsc1C(F)(F)F. The molecule has 0 radical (unpaired) electrons. The van der Waals surface area contributed by atoms with Gasteiger partial charge in [-0.3, -0.25) is 0 Å². The fraction of sp³-hybridized carbons (Fsp3) is 0.400. The third-order valence-electron chi connectivity index (χ3n) is 2.01. The van der Waals surface area contributed by atoms with Crippen molar-refractivity contribution in [3.8, 4) is 0 Å². The lowest BCUT2D eigenvalue weighted by atomic mass is 10.3. The van der Waals surface area contributed by atoms with Gasteiger partial charge in [-0.2, -0.15) is 13.2 Å². The molecule has 0 amide bonds. The van der Waals surface area contributed by atoms with Crippen LogP contribution in [0, 0.1) is 0 Å². The van der Waals surface area contributed by atoms with E-state index in [0.29, 0.717) is 11.3 Å². The Morgan fingerprint density at radius 1 is 1.41 bits per heavy atom. The van der Waals surface area contributed by atoms with Crippen LogP contribution in [0.15, 0.2) is 24.1 Å². The van der Waals surface area contributed by atoms with Gasteiger partial charge in [-0.25, -0.2) is 8.42 Å². The highest BCUT2D eigenvalue weighted by Gasteiger charge is 2.35. The second-order valence-corrected chi connectivity index (χ2v) is 6.54. The first-order chi connectivity index (χ1) is 7.76. The Kier molecular flexibility index (Phi) is 4.37. The summed E-state index contributed by atoms with van der Waals surface area (Å²) in [6.45, 7) is 3.38. The van der Waals surface area contributed by atoms with Gasteiger partial charge in [0.1, 0.15) is 4.88 Å². The number of thiophene rings is 1. The summed E-state index contributed by atoms with van der Waals surface area (Å²) in [5.74, 6) is -0.747. The molecular weight excluding hydrogens is 273 g/mol. The van der Waals surface area contributed by atoms with E-state index in [4.69, 9.17) is 0 Å². The molecule has 96 valence electrons. The summed E-state index contributed by atoms with van der Waals surface area (Å²) in [4.78, 5) is -0.834. The summed E-state index contributed by atoms with van der Waals surface area (Å²) < 4.78 is 60.6. The molecule has 1 aromatic heterocycles. The second kappa shape index (κ2) is 5.22. The Morgan fingerprint density at radius 2 is 2.06 bits per heavy atom. The van der Waals surface area contributed by atoms with Crippen LogP contribution in [0.1, 0.15) is 16.9 Å². The van der Waals surface area contributed by atoms with Crippen molar-refractivity contribution in [3.63, 3.8) is 0 Å². The highest BCUT2D eigenvalue weighted by molar-refractivity contribution is 7.90. The molecule has 1 aromatic rings. The molecule has 0 unspecified atom stereocenters. The Labute approximate surface area is 102 Å². The van der Waals surface area contributed by atoms with E-state index >= 15 is 0 Å². The van der Waals surface area contributed by atoms with E-state index in [1.165, 1.54) is 17.5 Å². The summed E-state index contributed by atoms with van der Waals surface area (Å²) in [6, 6.07) is 1.21. The smallest absolute Gasteiger partial charge is 0.228 e. The van der Waals surface area contributed by atoms with Crippen LogP contribution >= 0.6 is 11.3 Å². The molecule has 1 heterocycles. The third kappa shape index (κ3) is 4.16. The summed E-state index contributed by atoms with van der Waals surface area (Å²) in [7, 11) is -3.51. The van der Waals surface area contributed by atoms with Gasteiger partial charge >= 0.3 is 6.18 Å². The maximum Gasteiger partial charge on any atom is 0.425 e. The second-order valence-electron chi connectivity index (χ2n) is 3.44. The molecule has 0 aliphatic rings. The van der Waals surface area contributed by atoms with Crippen molar-refractivity contribution in [1.82, 2.24) is 0 Å². The fourth-order valence-electron chi connectivity index (χ4n) is 1.27. The van der Waals surface area contributed by atoms with Gasteiger partial charge in [-0.15, -0.1) is 17.9 Å². The van der Waals surface area contributed by atoms with Crippen molar-refractivity contribution in [1.29, 1.82) is 0 Å². The zero-order valence-electron chi connectivity index (χ0n) is 8.83. The van der Waals surface area contributed by atoms with Gasteiger partial charge in [0.25, 0.3) is 0 Å². The van der Waals surface area contributed by atoms with Crippen LogP contribution in [0.25, 0.3) is 0 Å². The number of halogens is 3. The van der Waals surface area contributed by atoms with Crippen molar-refractivity contribution >= 4 is 21.2 Å². The zero-order chi connectivity index (χ0) is 13.1. The van der Waals surface area contributed by atoms with Gasteiger partial charge in [-0.05, 0) is 23.4 Å². The number of hydrogen-bond acceptors (Lipinski definition) is 3. The quantitative estimate of drug-likeness (QED) is 0.778. The van der Waals surface area contributed by atoms with Crippen LogP contribution < -0.4 is 0 Å². The Bertz CT molecular complexity index is 486. The predicted molar refractivity (Wildman–Crippen MR) is 61.6 cm³/mol. The summed E-state index contributed by atoms with van der Waals surface area (Å²) in [6.07, 6.45) is -2.82. The number of allylic oxidation sites excluding steroid dienone is 1. The average Bonchev–Trinajstić information content (AvgIpc) is 2.61. The first-order valence-corrected chi connectivity index (χ1v) is 7.41. The van der Waals surface area contributed by atoms with Gasteiger partial charge in [0.2, 0.25) is 0 Å². The van der Waals surface area contributed by atoms with Crippen LogP contribution in [0.5, 0.6) is 0 Å². The molecule has 1 rings (SSSR count). The van der Waals surface area contributed by atoms with E-state index in [9.17, 15) is 21.6 Å². The Hall–Kier alpha value is -0.820. The molecule has 0 aliphatic heterocycles. The molecular formula is C10H11F3O2S2. The third-order valence-corrected chi connectivity index (χ3v) is 4.62. The van der Waals surface area contributed by atoms with Crippen LogP contribution in [0.2, 0.25) is 0 Å². The van der Waals surface area contributed by atoms with Crippen molar-refractivity contribution in [2.45, 2.75) is 18.3 Å². The molecule has 0 fully saturated rings. The van der Waals surface area contributed by atoms with E-state index < -0.39 is 26.6 Å². The summed E-state index contributed by atoms with van der Waals surface area (Å²) in [5.41, 5.74) is -0.174. The van der Waals surface area contributed by atoms with Gasteiger partial charge in [0.15, 0.2) is 9.84 Å². The maximum atomic E-state index is 12.5. The van der Waals surface area contributed by atoms with Crippen LogP contribution in [0.3, 0.4) is 0 Å². The summed E-state index contributed by atoms with van der Waals surface area (Å²) in [5, 5.41) is 1.25. The lowest BCUT2D eigenvalue weighted by molar-refractivity contribution is -0.134. The normalized spacial score (nSPS) is 12.6. The molecule has 0 spiro atoms. The summed E-state index contributed by atoms with van der Waals surface area (Å²) >= 11 is 0.511. The highest BCUT2D eigenvalue weighted by Crippen LogP contribution is 2.36. The molecule has 0 bridgehead atoms. The highest BCUT2D eigenvalue weighted by atomic mass is 32.2. The van der Waals surface area contributed by atoms with Crippen LogP contribution in [-0.4, -0.2) is 14.2 Å². The lowest BCUT2D eigenvalue weighted by Gasteiger charge is -2.07. The lowest BCUT2D eigenvalue weighted by Crippen LogP contribution is -2.12. The predicted octanol–water partition coefficient (Wildman–Crippen LogP) is 3.26. The van der Waals surface area contributed by atoms with E-state index in [2.05, 4.69) is 6.58 Å². The van der Waals surface area contributed by atoms with Crippen molar-refractivity contribution in [2.24, 2.45) is 0 Å². The van der Waals surface area contributed by atoms with Crippen LogP contribution in [0.4, 0.5) is 13.2 Å². The zero-order valence-corrected chi connectivity index (χ0v) is 10.5. The average molecular weight is 284 g/mol. The van der Waals surface area contributed by atoms with Gasteiger partial charge < -0.3 is 0 Å². The van der Waals surface area contributed by atoms with Gasteiger partial charge in [-0.1, -0.05) is 6.08 Å². The largest absolute Gasteiger partial charge is 0.425 e. The molecule has 0 N–H and O–H groups in total. The monoisotopic (exact) mass is 284 g/mol. The molecule has 0 aromatic carbocycles. The molecule has 0 saturated heterocycles. The molecule has 7 heteroatoms. The first kappa shape index (κ1) is 14.2. The molecule has 0 saturated carbocycles. The molecule has 0 atom stereocenters. The molecule has 2 nitrogen and oxygen atoms in total. The van der Waals surface area contributed by atoms with E-state index in [1.54, 1.807) is 0 Å².